The van der Waals surface area contributed by atoms with Gasteiger partial charge in [-0.15, -0.1) is 0 Å². The third-order valence-corrected chi connectivity index (χ3v) is 7.28. The first-order chi connectivity index (χ1) is 19.8. The zero-order valence-electron chi connectivity index (χ0n) is 25.2. The van der Waals surface area contributed by atoms with Crippen LogP contribution in [0.2, 0.25) is 0 Å². The molecule has 11 heteroatoms. The molecule has 0 saturated heterocycles. The van der Waals surface area contributed by atoms with Crippen molar-refractivity contribution in [1.82, 2.24) is 14.5 Å². The Balaban J connectivity index is 1.71. The number of pyridine rings is 1. The number of nitrogens with zero attached hydrogens (tertiary/aromatic N) is 3. The molecule has 222 valence electrons. The average molecular weight is 592 g/mol. The summed E-state index contributed by atoms with van der Waals surface area (Å²) in [5, 5.41) is 5.79. The lowest BCUT2D eigenvalue weighted by atomic mass is 9.86. The number of aromatic nitrogens is 2. The highest BCUT2D eigenvalue weighted by Gasteiger charge is 2.24. The topological polar surface area (TPSA) is 115 Å². The standard InChI is InChI=1S/C31H37N5O5S/c1-31(2,3)20-15-23(28(40-7)24(16-20)34-30(38)42(8)39)33-29(37)25-14-19-10-9-11-26(27(19)36(25)6)41-22-12-13-32-21(17-22)18-35(4)5/h9-17H,18H2,1-8H3,(H,33,37)(H,34,38). The molecule has 0 aliphatic carbocycles. The van der Waals surface area contributed by atoms with Gasteiger partial charge in [0, 0.05) is 37.5 Å². The number of hydrogen-bond acceptors (Lipinski definition) is 7. The SMILES string of the molecule is COc1c(NC(=O)c2cc3cccc(Oc4ccnc(CN(C)C)c4)c3n2C)cc(C(C)(C)C)cc1NC(=O)S(C)=O. The molecule has 0 aliphatic rings. The maximum Gasteiger partial charge on any atom is 0.313 e. The van der Waals surface area contributed by atoms with Gasteiger partial charge in [-0.1, -0.05) is 32.9 Å². The minimum atomic E-state index is -1.74. The van der Waals surface area contributed by atoms with Crippen molar-refractivity contribution in [2.75, 3.05) is 38.1 Å². The molecule has 0 spiro atoms. The van der Waals surface area contributed by atoms with Crippen LogP contribution in [0.4, 0.5) is 16.2 Å². The lowest BCUT2D eigenvalue weighted by molar-refractivity contribution is 0.101. The van der Waals surface area contributed by atoms with Gasteiger partial charge in [0.25, 0.3) is 5.91 Å². The van der Waals surface area contributed by atoms with Crippen LogP contribution in [-0.4, -0.2) is 57.3 Å². The molecule has 0 bridgehead atoms. The van der Waals surface area contributed by atoms with Gasteiger partial charge >= 0.3 is 5.24 Å². The third-order valence-electron chi connectivity index (χ3n) is 6.65. The van der Waals surface area contributed by atoms with Gasteiger partial charge in [0.05, 0.1) is 29.7 Å². The molecule has 0 fully saturated rings. The number of aryl methyl sites for hydroxylation is 1. The summed E-state index contributed by atoms with van der Waals surface area (Å²) in [6.07, 6.45) is 3.01. The Kier molecular flexibility index (Phi) is 9.03. The highest BCUT2D eigenvalue weighted by Crippen LogP contribution is 2.39. The molecule has 1 unspecified atom stereocenters. The van der Waals surface area contributed by atoms with Crippen LogP contribution in [0.5, 0.6) is 17.2 Å². The van der Waals surface area contributed by atoms with Crippen molar-refractivity contribution < 1.29 is 23.3 Å². The number of rotatable bonds is 8. The normalized spacial score (nSPS) is 12.3. The van der Waals surface area contributed by atoms with E-state index in [2.05, 4.69) is 15.6 Å². The van der Waals surface area contributed by atoms with E-state index < -0.39 is 16.0 Å². The van der Waals surface area contributed by atoms with E-state index in [0.717, 1.165) is 22.2 Å². The smallest absolute Gasteiger partial charge is 0.313 e. The molecule has 4 rings (SSSR count). The van der Waals surface area contributed by atoms with Crippen molar-refractivity contribution in [1.29, 1.82) is 0 Å². The number of carbonyl (C=O) groups is 2. The van der Waals surface area contributed by atoms with E-state index in [9.17, 15) is 13.8 Å². The van der Waals surface area contributed by atoms with Gasteiger partial charge in [0.2, 0.25) is 0 Å². The van der Waals surface area contributed by atoms with Gasteiger partial charge in [0.1, 0.15) is 22.2 Å². The minimum absolute atomic E-state index is 0.254. The molecule has 42 heavy (non-hydrogen) atoms. The van der Waals surface area contributed by atoms with Crippen molar-refractivity contribution in [3.05, 3.63) is 71.7 Å². The van der Waals surface area contributed by atoms with Gasteiger partial charge in [-0.25, -0.2) is 4.21 Å². The Morgan fingerprint density at radius 3 is 2.36 bits per heavy atom. The lowest BCUT2D eigenvalue weighted by Crippen LogP contribution is -2.20. The van der Waals surface area contributed by atoms with Gasteiger partial charge in [-0.2, -0.15) is 0 Å². The number of ether oxygens (including phenoxy) is 2. The Morgan fingerprint density at radius 1 is 1.05 bits per heavy atom. The average Bonchev–Trinajstić information content (AvgIpc) is 3.25. The van der Waals surface area contributed by atoms with Crippen LogP contribution in [0.15, 0.2) is 54.7 Å². The van der Waals surface area contributed by atoms with Crippen LogP contribution in [0.1, 0.15) is 42.5 Å². The second kappa shape index (κ2) is 12.3. The zero-order valence-corrected chi connectivity index (χ0v) is 26.0. The van der Waals surface area contributed by atoms with E-state index in [1.165, 1.54) is 13.4 Å². The fourth-order valence-electron chi connectivity index (χ4n) is 4.57. The fourth-order valence-corrected chi connectivity index (χ4v) is 4.83. The molecule has 2 amide bonds. The van der Waals surface area contributed by atoms with Crippen molar-refractivity contribution in [2.45, 2.75) is 32.7 Å². The summed E-state index contributed by atoms with van der Waals surface area (Å²) in [5.74, 6) is 1.12. The third kappa shape index (κ3) is 6.80. The maximum atomic E-state index is 13.7. The van der Waals surface area contributed by atoms with Crippen molar-refractivity contribution in [3.8, 4) is 17.2 Å². The lowest BCUT2D eigenvalue weighted by Gasteiger charge is -2.24. The zero-order chi connectivity index (χ0) is 30.8. The number of hydrogen-bond donors (Lipinski definition) is 2. The molecule has 2 N–H and O–H groups in total. The highest BCUT2D eigenvalue weighted by atomic mass is 32.2. The molecule has 0 radical (unpaired) electrons. The molecule has 2 aromatic heterocycles. The summed E-state index contributed by atoms with van der Waals surface area (Å²) in [4.78, 5) is 32.4. The summed E-state index contributed by atoms with van der Waals surface area (Å²) >= 11 is 0. The number of methoxy groups -OCH3 is 1. The van der Waals surface area contributed by atoms with Gasteiger partial charge in [0.15, 0.2) is 11.5 Å². The molecular weight excluding hydrogens is 554 g/mol. The van der Waals surface area contributed by atoms with Crippen LogP contribution >= 0.6 is 0 Å². The number of para-hydroxylation sites is 1. The summed E-state index contributed by atoms with van der Waals surface area (Å²) in [5.41, 5.74) is 3.24. The van der Waals surface area contributed by atoms with Crippen LogP contribution < -0.4 is 20.1 Å². The number of fused-ring (bicyclic) bond motifs is 1. The van der Waals surface area contributed by atoms with E-state index in [0.29, 0.717) is 35.1 Å². The predicted octanol–water partition coefficient (Wildman–Crippen LogP) is 5.90. The van der Waals surface area contributed by atoms with Crippen molar-refractivity contribution in [2.24, 2.45) is 7.05 Å². The predicted molar refractivity (Wildman–Crippen MR) is 167 cm³/mol. The molecule has 1 atom stereocenters. The second-order valence-corrected chi connectivity index (χ2v) is 12.6. The van der Waals surface area contributed by atoms with Crippen LogP contribution in [0.25, 0.3) is 10.9 Å². The van der Waals surface area contributed by atoms with Gasteiger partial charge < -0.3 is 29.6 Å². The fraction of sp³-hybridized carbons (Fsp3) is 0.323. The van der Waals surface area contributed by atoms with Gasteiger partial charge in [-0.3, -0.25) is 14.6 Å². The summed E-state index contributed by atoms with van der Waals surface area (Å²) < 4.78 is 25.4. The van der Waals surface area contributed by atoms with Crippen LogP contribution in [0, 0.1) is 0 Å². The molecular formula is C31H37N5O5S. The van der Waals surface area contributed by atoms with E-state index in [-0.39, 0.29) is 17.1 Å². The van der Waals surface area contributed by atoms with E-state index in [1.54, 1.807) is 36.0 Å². The van der Waals surface area contributed by atoms with Crippen LogP contribution in [0.3, 0.4) is 0 Å². The van der Waals surface area contributed by atoms with E-state index in [1.807, 2.05) is 70.1 Å². The van der Waals surface area contributed by atoms with Crippen molar-refractivity contribution in [3.63, 3.8) is 0 Å². The Labute approximate surface area is 248 Å². The number of anilines is 2. The molecule has 10 nitrogen and oxygen atoms in total. The van der Waals surface area contributed by atoms with Gasteiger partial charge in [-0.05, 0) is 55.4 Å². The number of amides is 2. The Morgan fingerprint density at radius 2 is 1.74 bits per heavy atom. The quantitative estimate of drug-likeness (QED) is 0.262. The molecule has 4 aromatic rings. The first-order valence-corrected chi connectivity index (χ1v) is 14.9. The second-order valence-electron chi connectivity index (χ2n) is 11.3. The molecule has 2 aromatic carbocycles. The Bertz CT molecular complexity index is 1670. The number of carbonyl (C=O) groups excluding carboxylic acids is 2. The van der Waals surface area contributed by atoms with Crippen LogP contribution in [-0.2, 0) is 29.8 Å². The first kappa shape index (κ1) is 30.7. The summed E-state index contributed by atoms with van der Waals surface area (Å²) in [6.45, 7) is 6.72. The minimum Gasteiger partial charge on any atom is -0.492 e. The molecule has 0 saturated carbocycles. The Hall–Kier alpha value is -4.22. The first-order valence-electron chi connectivity index (χ1n) is 13.3. The van der Waals surface area contributed by atoms with E-state index in [4.69, 9.17) is 9.47 Å². The summed E-state index contributed by atoms with van der Waals surface area (Å²) in [6, 6.07) is 14.7. The maximum absolute atomic E-state index is 13.7. The van der Waals surface area contributed by atoms with Crippen molar-refractivity contribution >= 4 is 44.2 Å². The molecule has 0 aliphatic heterocycles. The summed E-state index contributed by atoms with van der Waals surface area (Å²) in [7, 11) is 5.47. The monoisotopic (exact) mass is 591 g/mol. The highest BCUT2D eigenvalue weighted by molar-refractivity contribution is 7.99. The largest absolute Gasteiger partial charge is 0.492 e. The van der Waals surface area contributed by atoms with E-state index >= 15 is 0 Å². The number of benzene rings is 2. The number of nitrogens with one attached hydrogen (secondary N) is 2. The molecule has 2 heterocycles.